The molecule has 0 spiro atoms. The number of aryl methyl sites for hydroxylation is 1. The zero-order chi connectivity index (χ0) is 33.1. The fourth-order valence-electron chi connectivity index (χ4n) is 5.06. The Morgan fingerprint density at radius 2 is 1.54 bits per heavy atom. The first-order valence-electron chi connectivity index (χ1n) is 15.3. The minimum atomic E-state index is -4.20. The van der Waals surface area contributed by atoms with E-state index in [1.807, 2.05) is 75.4 Å². The summed E-state index contributed by atoms with van der Waals surface area (Å²) in [6, 6.07) is 29.2. The second-order valence-electron chi connectivity index (χ2n) is 10.9. The summed E-state index contributed by atoms with van der Waals surface area (Å²) in [6.07, 6.45) is 0.989. The summed E-state index contributed by atoms with van der Waals surface area (Å²) < 4.78 is 35.8. The van der Waals surface area contributed by atoms with Crippen molar-refractivity contribution in [1.29, 1.82) is 0 Å². The Balaban J connectivity index is 1.79. The van der Waals surface area contributed by atoms with Gasteiger partial charge in [0.1, 0.15) is 18.3 Å². The van der Waals surface area contributed by atoms with E-state index in [0.29, 0.717) is 24.6 Å². The molecule has 0 aliphatic carbocycles. The SMILES string of the molecule is CCCNC(=O)C(Cc1ccccc1)N(Cc1cccc(C)c1)C(=O)CN(c1ccc(OCC)cc1)S(=O)(=O)c1ccc(Br)cc1. The van der Waals surface area contributed by atoms with Gasteiger partial charge < -0.3 is 15.0 Å². The number of anilines is 1. The average Bonchev–Trinajstić information content (AvgIpc) is 3.05. The van der Waals surface area contributed by atoms with Gasteiger partial charge in [0.05, 0.1) is 17.2 Å². The Labute approximate surface area is 280 Å². The number of nitrogens with zero attached hydrogens (tertiary/aromatic N) is 2. The zero-order valence-corrected chi connectivity index (χ0v) is 28.8. The van der Waals surface area contributed by atoms with Crippen molar-refractivity contribution in [2.45, 2.75) is 51.1 Å². The fourth-order valence-corrected chi connectivity index (χ4v) is 6.74. The number of ether oxygens (including phenoxy) is 1. The number of carbonyl (C=O) groups is 2. The highest BCUT2D eigenvalue weighted by Gasteiger charge is 2.34. The van der Waals surface area contributed by atoms with E-state index in [1.165, 1.54) is 17.0 Å². The molecule has 0 radical (unpaired) electrons. The third-order valence-corrected chi connectivity index (χ3v) is 9.69. The Bertz CT molecular complexity index is 1700. The van der Waals surface area contributed by atoms with Crippen molar-refractivity contribution < 1.29 is 22.7 Å². The van der Waals surface area contributed by atoms with Crippen molar-refractivity contribution in [3.8, 4) is 5.75 Å². The van der Waals surface area contributed by atoms with Gasteiger partial charge in [0.15, 0.2) is 0 Å². The number of rotatable bonds is 15. The Hall–Kier alpha value is -4.15. The quantitative estimate of drug-likeness (QED) is 0.152. The van der Waals surface area contributed by atoms with E-state index >= 15 is 0 Å². The van der Waals surface area contributed by atoms with Crippen LogP contribution in [0.15, 0.2) is 112 Å². The second kappa shape index (κ2) is 16.4. The van der Waals surface area contributed by atoms with Crippen LogP contribution in [0.25, 0.3) is 0 Å². The number of amides is 2. The van der Waals surface area contributed by atoms with Gasteiger partial charge in [-0.05, 0) is 79.9 Å². The van der Waals surface area contributed by atoms with E-state index < -0.39 is 28.5 Å². The van der Waals surface area contributed by atoms with Gasteiger partial charge in [-0.15, -0.1) is 0 Å². The smallest absolute Gasteiger partial charge is 0.264 e. The lowest BCUT2D eigenvalue weighted by Crippen LogP contribution is -2.53. The van der Waals surface area contributed by atoms with Crippen molar-refractivity contribution in [3.05, 3.63) is 124 Å². The van der Waals surface area contributed by atoms with E-state index in [0.717, 1.165) is 31.9 Å². The molecule has 4 aromatic carbocycles. The summed E-state index contributed by atoms with van der Waals surface area (Å²) in [5.41, 5.74) is 3.02. The first-order valence-corrected chi connectivity index (χ1v) is 17.5. The minimum absolute atomic E-state index is 0.0316. The largest absolute Gasteiger partial charge is 0.494 e. The molecule has 0 bridgehead atoms. The van der Waals surface area contributed by atoms with Gasteiger partial charge >= 0.3 is 0 Å². The van der Waals surface area contributed by atoms with Crippen LogP contribution in [0.2, 0.25) is 0 Å². The standard InChI is InChI=1S/C36H40BrN3O5S/c1-4-22-38-36(42)34(24-28-11-7-6-8-12-28)39(25-29-13-9-10-27(3)23-29)35(41)26-40(31-16-18-32(19-17-31)45-5-2)46(43,44)33-20-14-30(37)15-21-33/h6-21,23,34H,4-5,22,24-26H2,1-3H3,(H,38,42). The predicted molar refractivity (Wildman–Crippen MR) is 185 cm³/mol. The van der Waals surface area contributed by atoms with Crippen LogP contribution < -0.4 is 14.4 Å². The molecule has 8 nitrogen and oxygen atoms in total. The molecule has 242 valence electrons. The molecule has 0 saturated heterocycles. The van der Waals surface area contributed by atoms with Crippen molar-refractivity contribution in [3.63, 3.8) is 0 Å². The van der Waals surface area contributed by atoms with Crippen LogP contribution in [-0.4, -0.2) is 50.9 Å². The fraction of sp³-hybridized carbons (Fsp3) is 0.278. The zero-order valence-electron chi connectivity index (χ0n) is 26.4. The van der Waals surface area contributed by atoms with E-state index in [1.54, 1.807) is 36.4 Å². The summed E-state index contributed by atoms with van der Waals surface area (Å²) in [7, 11) is -4.20. The molecule has 0 aliphatic heterocycles. The first kappa shape index (κ1) is 34.7. The van der Waals surface area contributed by atoms with E-state index in [4.69, 9.17) is 4.74 Å². The molecule has 1 N–H and O–H groups in total. The van der Waals surface area contributed by atoms with Crippen LogP contribution in [0.4, 0.5) is 5.69 Å². The topological polar surface area (TPSA) is 96.0 Å². The Morgan fingerprint density at radius 1 is 0.870 bits per heavy atom. The molecule has 0 heterocycles. The summed E-state index contributed by atoms with van der Waals surface area (Å²) in [5, 5.41) is 2.97. The third kappa shape index (κ3) is 9.20. The van der Waals surface area contributed by atoms with Gasteiger partial charge in [0.2, 0.25) is 11.8 Å². The van der Waals surface area contributed by atoms with Crippen molar-refractivity contribution >= 4 is 43.5 Å². The first-order chi connectivity index (χ1) is 22.1. The summed E-state index contributed by atoms with van der Waals surface area (Å²) in [4.78, 5) is 29.8. The lowest BCUT2D eigenvalue weighted by Gasteiger charge is -2.34. The summed E-state index contributed by atoms with van der Waals surface area (Å²) >= 11 is 3.37. The number of sulfonamides is 1. The maximum atomic E-state index is 14.5. The molecule has 1 unspecified atom stereocenters. The van der Waals surface area contributed by atoms with E-state index in [9.17, 15) is 18.0 Å². The van der Waals surface area contributed by atoms with Gasteiger partial charge in [-0.2, -0.15) is 0 Å². The van der Waals surface area contributed by atoms with Gasteiger partial charge in [-0.3, -0.25) is 13.9 Å². The highest BCUT2D eigenvalue weighted by atomic mass is 79.9. The van der Waals surface area contributed by atoms with Crippen LogP contribution in [0.5, 0.6) is 5.75 Å². The molecule has 2 amide bonds. The van der Waals surface area contributed by atoms with Crippen LogP contribution in [0.3, 0.4) is 0 Å². The average molecular weight is 707 g/mol. The maximum absolute atomic E-state index is 14.5. The van der Waals surface area contributed by atoms with Crippen LogP contribution in [0.1, 0.15) is 37.0 Å². The molecule has 0 aromatic heterocycles. The number of carbonyl (C=O) groups excluding carboxylic acids is 2. The predicted octanol–water partition coefficient (Wildman–Crippen LogP) is 6.52. The normalized spacial score (nSPS) is 11.8. The minimum Gasteiger partial charge on any atom is -0.494 e. The number of nitrogens with one attached hydrogen (secondary N) is 1. The van der Waals surface area contributed by atoms with Gasteiger partial charge in [-0.25, -0.2) is 8.42 Å². The summed E-state index contributed by atoms with van der Waals surface area (Å²) in [5.74, 6) is -0.228. The molecular weight excluding hydrogens is 666 g/mol. The second-order valence-corrected chi connectivity index (χ2v) is 13.7. The van der Waals surface area contributed by atoms with Crippen LogP contribution in [0, 0.1) is 6.92 Å². The summed E-state index contributed by atoms with van der Waals surface area (Å²) in [6.45, 7) is 6.29. The van der Waals surface area contributed by atoms with Crippen molar-refractivity contribution in [2.24, 2.45) is 0 Å². The van der Waals surface area contributed by atoms with Gasteiger partial charge in [-0.1, -0.05) is 83.0 Å². The van der Waals surface area contributed by atoms with Crippen LogP contribution >= 0.6 is 15.9 Å². The van der Waals surface area contributed by atoms with Gasteiger partial charge in [0.25, 0.3) is 10.0 Å². The number of hydrogen-bond donors (Lipinski definition) is 1. The molecule has 1 atom stereocenters. The molecule has 10 heteroatoms. The Morgan fingerprint density at radius 3 is 2.17 bits per heavy atom. The highest BCUT2D eigenvalue weighted by Crippen LogP contribution is 2.28. The van der Waals surface area contributed by atoms with Crippen molar-refractivity contribution in [1.82, 2.24) is 10.2 Å². The van der Waals surface area contributed by atoms with E-state index in [-0.39, 0.29) is 23.8 Å². The lowest BCUT2D eigenvalue weighted by atomic mass is 10.0. The molecule has 0 fully saturated rings. The monoisotopic (exact) mass is 705 g/mol. The third-order valence-electron chi connectivity index (χ3n) is 7.37. The van der Waals surface area contributed by atoms with E-state index in [2.05, 4.69) is 21.2 Å². The highest BCUT2D eigenvalue weighted by molar-refractivity contribution is 9.10. The molecule has 0 aliphatic rings. The lowest BCUT2D eigenvalue weighted by molar-refractivity contribution is -0.140. The van der Waals surface area contributed by atoms with Crippen LogP contribution in [-0.2, 0) is 32.6 Å². The molecular formula is C36H40BrN3O5S. The number of hydrogen-bond acceptors (Lipinski definition) is 5. The number of benzene rings is 4. The molecule has 4 rings (SSSR count). The van der Waals surface area contributed by atoms with Crippen molar-refractivity contribution in [2.75, 3.05) is 24.0 Å². The number of halogens is 1. The molecule has 4 aromatic rings. The Kier molecular flexibility index (Phi) is 12.4. The van der Waals surface area contributed by atoms with Gasteiger partial charge in [0, 0.05) is 24.0 Å². The maximum Gasteiger partial charge on any atom is 0.264 e. The molecule has 0 saturated carbocycles. The molecule has 46 heavy (non-hydrogen) atoms.